The Balaban J connectivity index is 1.17. The molecule has 34 heavy (non-hydrogen) atoms. The van der Waals surface area contributed by atoms with Gasteiger partial charge in [-0.15, -0.1) is 0 Å². The predicted octanol–water partition coefficient (Wildman–Crippen LogP) is 4.21. The van der Waals surface area contributed by atoms with Crippen LogP contribution < -0.4 is 10.6 Å². The van der Waals surface area contributed by atoms with Crippen LogP contribution in [0.5, 0.6) is 0 Å². The van der Waals surface area contributed by atoms with Gasteiger partial charge in [-0.3, -0.25) is 9.59 Å². The van der Waals surface area contributed by atoms with Crippen molar-refractivity contribution in [1.29, 1.82) is 0 Å². The van der Waals surface area contributed by atoms with E-state index in [0.717, 1.165) is 24.0 Å². The fourth-order valence-electron chi connectivity index (χ4n) is 5.59. The minimum absolute atomic E-state index is 0.0189. The van der Waals surface area contributed by atoms with Crippen LogP contribution in [0.1, 0.15) is 62.0 Å². The van der Waals surface area contributed by atoms with Crippen LogP contribution in [-0.4, -0.2) is 41.8 Å². The Labute approximate surface area is 198 Å². The monoisotopic (exact) mass is 462 g/mol. The summed E-state index contributed by atoms with van der Waals surface area (Å²) in [5, 5.41) is 15.1. The van der Waals surface area contributed by atoms with E-state index in [4.69, 9.17) is 4.74 Å². The molecule has 3 aliphatic carbocycles. The number of carbonyl (C=O) groups is 3. The summed E-state index contributed by atoms with van der Waals surface area (Å²) in [6, 6.07) is 16.3. The number of rotatable bonds is 8. The number of hydrogen-bond acceptors (Lipinski definition) is 4. The molecule has 7 nitrogen and oxygen atoms in total. The molecule has 3 N–H and O–H groups in total. The van der Waals surface area contributed by atoms with Crippen molar-refractivity contribution in [2.75, 3.05) is 13.2 Å². The SMILES string of the molecule is O=C(O)CC1(NC(=O)C2(CNC(=O)OCC3c4ccccc4-c4ccccc43)CC2)CCCC1. The molecule has 0 radical (unpaired) electrons. The molecule has 3 aliphatic rings. The molecular formula is C27H30N2O5. The van der Waals surface area contributed by atoms with Crippen LogP contribution in [0.2, 0.25) is 0 Å². The maximum atomic E-state index is 13.0. The van der Waals surface area contributed by atoms with E-state index < -0.39 is 23.0 Å². The number of amides is 2. The lowest BCUT2D eigenvalue weighted by Crippen LogP contribution is -2.52. The first-order chi connectivity index (χ1) is 16.4. The van der Waals surface area contributed by atoms with Crippen molar-refractivity contribution in [3.63, 3.8) is 0 Å². The zero-order valence-corrected chi connectivity index (χ0v) is 19.1. The van der Waals surface area contributed by atoms with Crippen molar-refractivity contribution in [2.24, 2.45) is 5.41 Å². The van der Waals surface area contributed by atoms with Crippen molar-refractivity contribution in [3.8, 4) is 11.1 Å². The van der Waals surface area contributed by atoms with E-state index in [-0.39, 0.29) is 31.4 Å². The highest BCUT2D eigenvalue weighted by Crippen LogP contribution is 2.47. The molecule has 2 aromatic carbocycles. The molecule has 2 aromatic rings. The number of alkyl carbamates (subject to hydrolysis) is 1. The lowest BCUT2D eigenvalue weighted by Gasteiger charge is -2.31. The Hall–Kier alpha value is -3.35. The maximum absolute atomic E-state index is 13.0. The normalized spacial score (nSPS) is 19.1. The average Bonchev–Trinajstić information content (AvgIpc) is 3.39. The smallest absolute Gasteiger partial charge is 0.407 e. The number of aliphatic carboxylic acids is 1. The number of hydrogen-bond donors (Lipinski definition) is 3. The number of benzene rings is 2. The maximum Gasteiger partial charge on any atom is 0.407 e. The summed E-state index contributed by atoms with van der Waals surface area (Å²) in [6.07, 6.45) is 3.94. The number of carboxylic acids is 1. The first kappa shape index (κ1) is 22.4. The van der Waals surface area contributed by atoms with Gasteiger partial charge in [-0.25, -0.2) is 4.79 Å². The second-order valence-electron chi connectivity index (χ2n) is 9.97. The molecule has 0 bridgehead atoms. The van der Waals surface area contributed by atoms with Gasteiger partial charge in [0.2, 0.25) is 5.91 Å². The molecular weight excluding hydrogens is 432 g/mol. The molecule has 2 saturated carbocycles. The van der Waals surface area contributed by atoms with Crippen molar-refractivity contribution in [1.82, 2.24) is 10.6 Å². The molecule has 2 amide bonds. The zero-order chi connectivity index (χ0) is 23.8. The van der Waals surface area contributed by atoms with Crippen LogP contribution in [0.25, 0.3) is 11.1 Å². The largest absolute Gasteiger partial charge is 0.481 e. The number of fused-ring (bicyclic) bond motifs is 3. The van der Waals surface area contributed by atoms with Gasteiger partial charge in [0.05, 0.1) is 17.4 Å². The average molecular weight is 463 g/mol. The molecule has 0 heterocycles. The van der Waals surface area contributed by atoms with Gasteiger partial charge >= 0.3 is 12.1 Å². The van der Waals surface area contributed by atoms with Crippen molar-refractivity contribution >= 4 is 18.0 Å². The van der Waals surface area contributed by atoms with E-state index in [2.05, 4.69) is 34.9 Å². The van der Waals surface area contributed by atoms with Gasteiger partial charge in [-0.1, -0.05) is 61.4 Å². The zero-order valence-electron chi connectivity index (χ0n) is 19.1. The molecule has 178 valence electrons. The topological polar surface area (TPSA) is 105 Å². The van der Waals surface area contributed by atoms with Gasteiger partial charge < -0.3 is 20.5 Å². The summed E-state index contributed by atoms with van der Waals surface area (Å²) < 4.78 is 5.59. The van der Waals surface area contributed by atoms with E-state index in [0.29, 0.717) is 25.7 Å². The lowest BCUT2D eigenvalue weighted by molar-refractivity contribution is -0.139. The minimum Gasteiger partial charge on any atom is -0.481 e. The minimum atomic E-state index is -0.899. The van der Waals surface area contributed by atoms with E-state index in [9.17, 15) is 19.5 Å². The van der Waals surface area contributed by atoms with Crippen LogP contribution in [-0.2, 0) is 14.3 Å². The summed E-state index contributed by atoms with van der Waals surface area (Å²) in [5.41, 5.74) is 3.30. The van der Waals surface area contributed by atoms with Crippen molar-refractivity contribution < 1.29 is 24.2 Å². The number of ether oxygens (including phenoxy) is 1. The fourth-order valence-corrected chi connectivity index (χ4v) is 5.59. The Bertz CT molecular complexity index is 1070. The summed E-state index contributed by atoms with van der Waals surface area (Å²) in [4.78, 5) is 36.9. The summed E-state index contributed by atoms with van der Waals surface area (Å²) in [7, 11) is 0. The van der Waals surface area contributed by atoms with E-state index in [1.807, 2.05) is 24.3 Å². The number of nitrogens with one attached hydrogen (secondary N) is 2. The Morgan fingerprint density at radius 3 is 2.06 bits per heavy atom. The quantitative estimate of drug-likeness (QED) is 0.545. The van der Waals surface area contributed by atoms with E-state index >= 15 is 0 Å². The molecule has 0 aromatic heterocycles. The summed E-state index contributed by atoms with van der Waals surface area (Å²) in [6.45, 7) is 0.416. The van der Waals surface area contributed by atoms with Crippen LogP contribution in [0.4, 0.5) is 4.79 Å². The molecule has 5 rings (SSSR count). The highest BCUT2D eigenvalue weighted by atomic mass is 16.5. The molecule has 0 aliphatic heterocycles. The van der Waals surface area contributed by atoms with Gasteiger partial charge in [0.25, 0.3) is 0 Å². The van der Waals surface area contributed by atoms with Gasteiger partial charge in [-0.05, 0) is 47.9 Å². The summed E-state index contributed by atoms with van der Waals surface area (Å²) in [5.74, 6) is -1.08. The van der Waals surface area contributed by atoms with Crippen LogP contribution >= 0.6 is 0 Å². The second-order valence-corrected chi connectivity index (χ2v) is 9.97. The molecule has 0 atom stereocenters. The van der Waals surface area contributed by atoms with Gasteiger partial charge in [-0.2, -0.15) is 0 Å². The molecule has 7 heteroatoms. The molecule has 2 fully saturated rings. The van der Waals surface area contributed by atoms with Crippen LogP contribution in [0.3, 0.4) is 0 Å². The van der Waals surface area contributed by atoms with Gasteiger partial charge in [0, 0.05) is 12.5 Å². The lowest BCUT2D eigenvalue weighted by atomic mass is 9.91. The van der Waals surface area contributed by atoms with Crippen molar-refractivity contribution in [2.45, 2.75) is 56.4 Å². The van der Waals surface area contributed by atoms with Gasteiger partial charge in [0.15, 0.2) is 0 Å². The van der Waals surface area contributed by atoms with E-state index in [1.165, 1.54) is 11.1 Å². The standard InChI is InChI=1S/C27H30N2O5/c30-23(31)15-27(11-5-6-12-27)29-24(32)26(13-14-26)17-28-25(33)34-16-22-20-9-3-1-7-18(20)19-8-2-4-10-21(19)22/h1-4,7-10,22H,5-6,11-17H2,(H,28,33)(H,29,32)(H,30,31). The second kappa shape index (κ2) is 8.78. The summed E-state index contributed by atoms with van der Waals surface area (Å²) >= 11 is 0. The third-order valence-corrected chi connectivity index (χ3v) is 7.68. The number of carbonyl (C=O) groups excluding carboxylic acids is 2. The Morgan fingerprint density at radius 2 is 1.50 bits per heavy atom. The van der Waals surface area contributed by atoms with E-state index in [1.54, 1.807) is 0 Å². The Morgan fingerprint density at radius 1 is 0.912 bits per heavy atom. The van der Waals surface area contributed by atoms with Crippen LogP contribution in [0, 0.1) is 5.41 Å². The van der Waals surface area contributed by atoms with Crippen molar-refractivity contribution in [3.05, 3.63) is 59.7 Å². The highest BCUT2D eigenvalue weighted by molar-refractivity contribution is 5.87. The number of carboxylic acid groups (broad SMARTS) is 1. The third kappa shape index (κ3) is 4.27. The fraction of sp³-hybridized carbons (Fsp3) is 0.444. The first-order valence-electron chi connectivity index (χ1n) is 12.0. The molecule has 0 spiro atoms. The highest BCUT2D eigenvalue weighted by Gasteiger charge is 2.52. The first-order valence-corrected chi connectivity index (χ1v) is 12.0. The van der Waals surface area contributed by atoms with Gasteiger partial charge in [0.1, 0.15) is 6.61 Å². The molecule has 0 saturated heterocycles. The molecule has 0 unspecified atom stereocenters. The van der Waals surface area contributed by atoms with Crippen LogP contribution in [0.15, 0.2) is 48.5 Å². The predicted molar refractivity (Wildman–Crippen MR) is 126 cm³/mol. The Kier molecular flexibility index (Phi) is 5.80. The third-order valence-electron chi connectivity index (χ3n) is 7.68.